The number of para-hydroxylation sites is 2. The van der Waals surface area contributed by atoms with Crippen molar-refractivity contribution in [3.63, 3.8) is 0 Å². The van der Waals surface area contributed by atoms with Crippen molar-refractivity contribution in [2.45, 2.75) is 0 Å². The van der Waals surface area contributed by atoms with E-state index in [1.54, 1.807) is 22.7 Å². The Balaban J connectivity index is 1.48. The molecule has 6 aromatic rings. The quantitative estimate of drug-likeness (QED) is 0.331. The molecule has 0 atom stereocenters. The Morgan fingerprint density at radius 3 is 2.03 bits per heavy atom. The number of phenolic OH excluding ortho intramolecular Hbond substituents is 1. The average molecular weight is 411 g/mol. The number of aromatic hydroxyl groups is 1. The first-order valence-electron chi connectivity index (χ1n) is 9.24. The van der Waals surface area contributed by atoms with E-state index in [1.807, 2.05) is 60.7 Å². The number of fused-ring (bicyclic) bond motifs is 3. The zero-order chi connectivity index (χ0) is 19.4. The van der Waals surface area contributed by atoms with Gasteiger partial charge >= 0.3 is 0 Å². The van der Waals surface area contributed by atoms with Crippen molar-refractivity contribution < 1.29 is 5.11 Å². The highest BCUT2D eigenvalue weighted by molar-refractivity contribution is 7.22. The van der Waals surface area contributed by atoms with Gasteiger partial charge in [0.1, 0.15) is 15.8 Å². The lowest BCUT2D eigenvalue weighted by atomic mass is 10.0. The van der Waals surface area contributed by atoms with Crippen molar-refractivity contribution in [3.8, 4) is 26.9 Å². The van der Waals surface area contributed by atoms with E-state index in [-0.39, 0.29) is 5.75 Å². The Kier molecular flexibility index (Phi) is 3.66. The van der Waals surface area contributed by atoms with E-state index in [4.69, 9.17) is 9.97 Å². The first-order valence-corrected chi connectivity index (χ1v) is 10.9. The molecule has 0 aliphatic heterocycles. The van der Waals surface area contributed by atoms with Gasteiger partial charge in [-0.3, -0.25) is 0 Å². The second kappa shape index (κ2) is 6.37. The minimum absolute atomic E-state index is 0.275. The van der Waals surface area contributed by atoms with E-state index in [1.165, 1.54) is 4.70 Å². The monoisotopic (exact) mass is 410 g/mol. The summed E-state index contributed by atoms with van der Waals surface area (Å²) in [6.07, 6.45) is 0. The van der Waals surface area contributed by atoms with Crippen LogP contribution in [0.25, 0.3) is 52.3 Å². The molecule has 0 saturated carbocycles. The van der Waals surface area contributed by atoms with Crippen molar-refractivity contribution in [2.75, 3.05) is 0 Å². The third-order valence-electron chi connectivity index (χ3n) is 5.06. The second-order valence-corrected chi connectivity index (χ2v) is 8.93. The molecular weight excluding hydrogens is 396 g/mol. The molecule has 0 spiro atoms. The van der Waals surface area contributed by atoms with Crippen LogP contribution in [0.4, 0.5) is 0 Å². The first kappa shape index (κ1) is 16.7. The van der Waals surface area contributed by atoms with E-state index in [0.29, 0.717) is 0 Å². The zero-order valence-corrected chi connectivity index (χ0v) is 16.8. The maximum atomic E-state index is 11.0. The van der Waals surface area contributed by atoms with E-state index in [0.717, 1.165) is 47.6 Å². The molecule has 0 unspecified atom stereocenters. The fraction of sp³-hybridized carbons (Fsp3) is 0. The fourth-order valence-corrected chi connectivity index (χ4v) is 5.56. The molecule has 1 N–H and O–H groups in total. The van der Waals surface area contributed by atoms with Crippen molar-refractivity contribution >= 4 is 53.9 Å². The molecule has 29 heavy (non-hydrogen) atoms. The third-order valence-corrected chi connectivity index (χ3v) is 7.21. The minimum Gasteiger partial charge on any atom is -0.507 e. The van der Waals surface area contributed by atoms with Crippen LogP contribution in [0.1, 0.15) is 0 Å². The molecule has 0 aliphatic carbocycles. The van der Waals surface area contributed by atoms with Crippen LogP contribution in [0.5, 0.6) is 5.75 Å². The largest absolute Gasteiger partial charge is 0.507 e. The minimum atomic E-state index is 0.275. The number of hydrogen-bond donors (Lipinski definition) is 1. The second-order valence-electron chi connectivity index (χ2n) is 6.87. The van der Waals surface area contributed by atoms with Gasteiger partial charge in [-0.25, -0.2) is 9.97 Å². The van der Waals surface area contributed by atoms with Gasteiger partial charge in [-0.15, -0.1) is 22.7 Å². The molecule has 0 bridgehead atoms. The molecule has 4 aromatic carbocycles. The summed E-state index contributed by atoms with van der Waals surface area (Å²) in [5.41, 5.74) is 3.80. The fourth-order valence-electron chi connectivity index (χ4n) is 3.60. The summed E-state index contributed by atoms with van der Waals surface area (Å²) in [7, 11) is 0. The van der Waals surface area contributed by atoms with Crippen LogP contribution in [0.3, 0.4) is 0 Å². The van der Waals surface area contributed by atoms with Crippen LogP contribution in [-0.4, -0.2) is 15.1 Å². The molecule has 5 heteroatoms. The van der Waals surface area contributed by atoms with Crippen LogP contribution in [0, 0.1) is 0 Å². The summed E-state index contributed by atoms with van der Waals surface area (Å²) in [5.74, 6) is 0.275. The summed E-state index contributed by atoms with van der Waals surface area (Å²) < 4.78 is 2.30. The topological polar surface area (TPSA) is 46.0 Å². The van der Waals surface area contributed by atoms with Crippen LogP contribution in [0.2, 0.25) is 0 Å². The molecule has 138 valence electrons. The van der Waals surface area contributed by atoms with Crippen LogP contribution in [0.15, 0.2) is 78.9 Å². The molecule has 2 aromatic heterocycles. The Morgan fingerprint density at radius 1 is 0.655 bits per heavy atom. The number of phenols is 1. The summed E-state index contributed by atoms with van der Waals surface area (Å²) in [4.78, 5) is 9.44. The lowest BCUT2D eigenvalue weighted by molar-refractivity contribution is 0.483. The Hall–Kier alpha value is -3.28. The summed E-state index contributed by atoms with van der Waals surface area (Å²) in [5, 5.41) is 14.6. The molecule has 3 nitrogen and oxygen atoms in total. The first-order chi connectivity index (χ1) is 14.3. The van der Waals surface area contributed by atoms with Crippen molar-refractivity contribution in [1.82, 2.24) is 9.97 Å². The lowest BCUT2D eigenvalue weighted by Gasteiger charge is -2.07. The van der Waals surface area contributed by atoms with Gasteiger partial charge in [0, 0.05) is 10.9 Å². The number of thiazole rings is 2. The summed E-state index contributed by atoms with van der Waals surface area (Å²) in [6, 6.07) is 26.3. The van der Waals surface area contributed by atoms with E-state index < -0.39 is 0 Å². The third kappa shape index (κ3) is 2.70. The molecule has 0 radical (unpaired) electrons. The Labute approximate surface area is 174 Å². The number of rotatable bonds is 2. The van der Waals surface area contributed by atoms with Gasteiger partial charge in [0.05, 0.1) is 26.0 Å². The maximum Gasteiger partial charge on any atom is 0.133 e. The highest BCUT2D eigenvalue weighted by atomic mass is 32.1. The molecule has 0 saturated heterocycles. The smallest absolute Gasteiger partial charge is 0.133 e. The van der Waals surface area contributed by atoms with Crippen molar-refractivity contribution in [3.05, 3.63) is 78.9 Å². The molecule has 0 amide bonds. The van der Waals surface area contributed by atoms with E-state index in [2.05, 4.69) is 18.2 Å². The highest BCUT2D eigenvalue weighted by Gasteiger charge is 2.14. The highest BCUT2D eigenvalue weighted by Crippen LogP contribution is 2.40. The normalized spacial score (nSPS) is 11.6. The van der Waals surface area contributed by atoms with Gasteiger partial charge in [-0.1, -0.05) is 36.4 Å². The molecule has 2 heterocycles. The van der Waals surface area contributed by atoms with Gasteiger partial charge in [0.15, 0.2) is 0 Å². The van der Waals surface area contributed by atoms with Gasteiger partial charge in [0.2, 0.25) is 0 Å². The Morgan fingerprint density at radius 2 is 1.31 bits per heavy atom. The van der Waals surface area contributed by atoms with Crippen LogP contribution in [-0.2, 0) is 0 Å². The molecule has 0 aliphatic rings. The van der Waals surface area contributed by atoms with Gasteiger partial charge in [0.25, 0.3) is 0 Å². The Bertz CT molecular complexity index is 1460. The van der Waals surface area contributed by atoms with Gasteiger partial charge in [-0.2, -0.15) is 0 Å². The summed E-state index contributed by atoms with van der Waals surface area (Å²) in [6.45, 7) is 0. The maximum absolute atomic E-state index is 11.0. The molecule has 6 rings (SSSR count). The van der Waals surface area contributed by atoms with E-state index in [9.17, 15) is 5.11 Å². The zero-order valence-electron chi connectivity index (χ0n) is 15.2. The van der Waals surface area contributed by atoms with Crippen molar-refractivity contribution in [2.24, 2.45) is 0 Å². The average Bonchev–Trinajstić information content (AvgIpc) is 3.38. The van der Waals surface area contributed by atoms with Crippen LogP contribution < -0.4 is 0 Å². The molecule has 0 fully saturated rings. The van der Waals surface area contributed by atoms with Crippen LogP contribution >= 0.6 is 22.7 Å². The molecular formula is C24H14N2OS2. The standard InChI is InChI=1S/C24H14N2OS2/c27-22-16-11-10-15(23-25-18-5-1-3-7-20(18)28-23)13-14(16)9-12-17(22)24-26-19-6-2-4-8-21(19)29-24/h1-13,27H. The van der Waals surface area contributed by atoms with Crippen molar-refractivity contribution in [1.29, 1.82) is 0 Å². The summed E-state index contributed by atoms with van der Waals surface area (Å²) >= 11 is 3.28. The SMILES string of the molecule is Oc1c(-c2nc3ccccc3s2)ccc2cc(-c3nc4ccccc4s3)ccc12. The number of aromatic nitrogens is 2. The van der Waals surface area contributed by atoms with Gasteiger partial charge < -0.3 is 5.11 Å². The van der Waals surface area contributed by atoms with Gasteiger partial charge in [-0.05, 0) is 47.9 Å². The predicted molar refractivity (Wildman–Crippen MR) is 123 cm³/mol. The predicted octanol–water partition coefficient (Wildman–Crippen LogP) is 7.10. The number of nitrogens with zero attached hydrogens (tertiary/aromatic N) is 2. The number of benzene rings is 4. The number of hydrogen-bond acceptors (Lipinski definition) is 5. The van der Waals surface area contributed by atoms with E-state index >= 15 is 0 Å². The lowest BCUT2D eigenvalue weighted by Crippen LogP contribution is -1.83.